The Morgan fingerprint density at radius 2 is 1.27 bits per heavy atom. The summed E-state index contributed by atoms with van der Waals surface area (Å²) in [6.07, 6.45) is 2.40. The number of hydrogen-bond acceptors (Lipinski definition) is 5. The van der Waals surface area contributed by atoms with Crippen LogP contribution in [0.2, 0.25) is 0 Å². The fourth-order valence-corrected chi connectivity index (χ4v) is 3.69. The first-order chi connectivity index (χ1) is 12.4. The average Bonchev–Trinajstić information content (AvgIpc) is 3.28. The molecule has 0 atom stereocenters. The van der Waals surface area contributed by atoms with Crippen LogP contribution in [-0.2, 0) is 9.59 Å². The van der Waals surface area contributed by atoms with E-state index in [2.05, 4.69) is 23.8 Å². The summed E-state index contributed by atoms with van der Waals surface area (Å²) in [7, 11) is 3.20. The molecule has 0 fully saturated rings. The van der Waals surface area contributed by atoms with Crippen molar-refractivity contribution in [3.63, 3.8) is 0 Å². The molecule has 0 aliphatic heterocycles. The van der Waals surface area contributed by atoms with Crippen LogP contribution in [-0.4, -0.2) is 31.9 Å². The van der Waals surface area contributed by atoms with Crippen LogP contribution in [0.4, 0.5) is 26.2 Å². The van der Waals surface area contributed by atoms with Crippen molar-refractivity contribution in [2.24, 2.45) is 0 Å². The Labute approximate surface area is 159 Å². The van der Waals surface area contributed by atoms with Crippen molar-refractivity contribution >= 4 is 61.9 Å². The maximum Gasteiger partial charge on any atom is 0.325 e. The van der Waals surface area contributed by atoms with Gasteiger partial charge in [0, 0.05) is 14.1 Å². The molecular weight excluding hydrogens is 372 g/mol. The summed E-state index contributed by atoms with van der Waals surface area (Å²) < 4.78 is 0. The van der Waals surface area contributed by atoms with Crippen LogP contribution < -0.4 is 20.4 Å². The second-order valence-electron chi connectivity index (χ2n) is 5.05. The van der Waals surface area contributed by atoms with Gasteiger partial charge in [-0.1, -0.05) is 13.2 Å². The summed E-state index contributed by atoms with van der Waals surface area (Å²) in [4.78, 5) is 38.7. The lowest BCUT2D eigenvalue weighted by Gasteiger charge is -2.17. The van der Waals surface area contributed by atoms with Crippen LogP contribution in [0.5, 0.6) is 0 Å². The molecule has 0 radical (unpaired) electrons. The van der Waals surface area contributed by atoms with Crippen molar-refractivity contribution < 1.29 is 14.4 Å². The summed E-state index contributed by atoms with van der Waals surface area (Å²) >= 11 is 2.58. The third-order valence-corrected chi connectivity index (χ3v) is 5.11. The molecule has 2 N–H and O–H groups in total. The van der Waals surface area contributed by atoms with E-state index >= 15 is 0 Å². The van der Waals surface area contributed by atoms with E-state index < -0.39 is 6.03 Å². The average molecular weight is 390 g/mol. The SMILES string of the molecule is C=CC(=O)N(C)c1ccsc1NC(=O)Nc1sccc1N(C)C(=O)C=C. The minimum absolute atomic E-state index is 0.281. The van der Waals surface area contributed by atoms with Crippen molar-refractivity contribution in [3.05, 3.63) is 48.2 Å². The van der Waals surface area contributed by atoms with Crippen molar-refractivity contribution in [2.45, 2.75) is 0 Å². The van der Waals surface area contributed by atoms with Gasteiger partial charge in [-0.3, -0.25) is 20.2 Å². The van der Waals surface area contributed by atoms with Crippen molar-refractivity contribution in [2.75, 3.05) is 34.5 Å². The predicted molar refractivity (Wildman–Crippen MR) is 108 cm³/mol. The van der Waals surface area contributed by atoms with E-state index in [1.807, 2.05) is 0 Å². The molecule has 0 bridgehead atoms. The Morgan fingerprint density at radius 1 is 0.885 bits per heavy atom. The molecule has 4 amide bonds. The summed E-state index contributed by atoms with van der Waals surface area (Å²) in [6.45, 7) is 6.91. The highest BCUT2D eigenvalue weighted by atomic mass is 32.1. The maximum absolute atomic E-state index is 12.4. The van der Waals surface area contributed by atoms with Gasteiger partial charge in [0.15, 0.2) is 0 Å². The Kier molecular flexibility index (Phi) is 6.31. The molecule has 2 aromatic heterocycles. The normalized spacial score (nSPS) is 9.92. The van der Waals surface area contributed by atoms with Crippen LogP contribution >= 0.6 is 22.7 Å². The molecular formula is C17H18N4O3S2. The lowest BCUT2D eigenvalue weighted by molar-refractivity contribution is -0.114. The molecule has 7 nitrogen and oxygen atoms in total. The van der Waals surface area contributed by atoms with Gasteiger partial charge in [-0.2, -0.15) is 0 Å². The molecule has 9 heteroatoms. The number of carbonyl (C=O) groups excluding carboxylic acids is 3. The highest BCUT2D eigenvalue weighted by molar-refractivity contribution is 7.15. The van der Waals surface area contributed by atoms with Gasteiger partial charge in [-0.15, -0.1) is 22.7 Å². The highest BCUT2D eigenvalue weighted by Crippen LogP contribution is 2.34. The first-order valence-corrected chi connectivity index (χ1v) is 9.18. The molecule has 26 heavy (non-hydrogen) atoms. The molecule has 0 aliphatic carbocycles. The number of rotatable bonds is 6. The number of hydrogen-bond donors (Lipinski definition) is 2. The number of urea groups is 1. The standard InChI is InChI=1S/C17H18N4O3S2/c1-5-13(22)20(3)11-7-9-25-15(11)18-17(24)19-16-12(8-10-26-16)21(4)14(23)6-2/h5-10H,1-2H2,3-4H3,(H2,18,19,24). The van der Waals surface area contributed by atoms with Crippen molar-refractivity contribution in [3.8, 4) is 0 Å². The number of thiophene rings is 2. The van der Waals surface area contributed by atoms with Gasteiger partial charge in [-0.05, 0) is 35.0 Å². The van der Waals surface area contributed by atoms with Gasteiger partial charge in [0.2, 0.25) is 11.8 Å². The van der Waals surface area contributed by atoms with Crippen LogP contribution in [0.15, 0.2) is 48.2 Å². The molecule has 0 aromatic carbocycles. The molecule has 2 aromatic rings. The van der Waals surface area contributed by atoms with Gasteiger partial charge in [0.05, 0.1) is 11.4 Å². The van der Waals surface area contributed by atoms with E-state index in [0.717, 1.165) is 0 Å². The number of anilines is 4. The molecule has 0 unspecified atom stereocenters. The lowest BCUT2D eigenvalue weighted by atomic mass is 10.4. The van der Waals surface area contributed by atoms with Gasteiger partial charge in [-0.25, -0.2) is 4.79 Å². The number of nitrogens with zero attached hydrogens (tertiary/aromatic N) is 2. The van der Waals surface area contributed by atoms with E-state index in [4.69, 9.17) is 0 Å². The van der Waals surface area contributed by atoms with Crippen molar-refractivity contribution in [1.29, 1.82) is 0 Å². The topological polar surface area (TPSA) is 81.8 Å². The van der Waals surface area contributed by atoms with E-state index in [9.17, 15) is 14.4 Å². The molecule has 2 rings (SSSR count). The smallest absolute Gasteiger partial charge is 0.309 e. The number of likely N-dealkylation sites (N-methyl/N-ethyl adjacent to an activating group) is 2. The maximum atomic E-state index is 12.4. The third-order valence-electron chi connectivity index (χ3n) is 3.48. The quantitative estimate of drug-likeness (QED) is 0.737. The third kappa shape index (κ3) is 4.19. The zero-order chi connectivity index (χ0) is 19.3. The monoisotopic (exact) mass is 390 g/mol. The van der Waals surface area contributed by atoms with Gasteiger partial charge in [0.25, 0.3) is 0 Å². The number of amides is 4. The molecule has 2 heterocycles. The fourth-order valence-electron chi connectivity index (χ4n) is 2.07. The van der Waals surface area contributed by atoms with Gasteiger partial charge < -0.3 is 9.80 Å². The first kappa shape index (κ1) is 19.4. The number of nitrogens with one attached hydrogen (secondary N) is 2. The van der Waals surface area contributed by atoms with Crippen LogP contribution in [0.25, 0.3) is 0 Å². The molecule has 0 saturated heterocycles. The fraction of sp³-hybridized carbons (Fsp3) is 0.118. The van der Waals surface area contributed by atoms with Gasteiger partial charge >= 0.3 is 6.03 Å². The summed E-state index contributed by atoms with van der Waals surface area (Å²) in [5.74, 6) is -0.561. The molecule has 0 saturated carbocycles. The van der Waals surface area contributed by atoms with E-state index in [0.29, 0.717) is 21.4 Å². The highest BCUT2D eigenvalue weighted by Gasteiger charge is 2.18. The minimum Gasteiger partial charge on any atom is -0.309 e. The van der Waals surface area contributed by atoms with Gasteiger partial charge in [0.1, 0.15) is 10.0 Å². The Bertz CT molecular complexity index is 788. The van der Waals surface area contributed by atoms with E-state index in [1.165, 1.54) is 44.6 Å². The number of carbonyl (C=O) groups is 3. The Hall–Kier alpha value is -2.91. The second-order valence-corrected chi connectivity index (χ2v) is 6.88. The predicted octanol–water partition coefficient (Wildman–Crippen LogP) is 3.75. The second kappa shape index (κ2) is 8.45. The largest absolute Gasteiger partial charge is 0.325 e. The van der Waals surface area contributed by atoms with Crippen LogP contribution in [0, 0.1) is 0 Å². The zero-order valence-corrected chi connectivity index (χ0v) is 15.9. The summed E-state index contributed by atoms with van der Waals surface area (Å²) in [6, 6.07) is 2.99. The molecule has 136 valence electrons. The van der Waals surface area contributed by atoms with E-state index in [-0.39, 0.29) is 11.8 Å². The van der Waals surface area contributed by atoms with Crippen molar-refractivity contribution in [1.82, 2.24) is 0 Å². The summed E-state index contributed by atoms with van der Waals surface area (Å²) in [5.41, 5.74) is 1.14. The Morgan fingerprint density at radius 3 is 1.62 bits per heavy atom. The molecule has 0 spiro atoms. The zero-order valence-electron chi connectivity index (χ0n) is 14.3. The molecule has 0 aliphatic rings. The minimum atomic E-state index is -0.476. The van der Waals surface area contributed by atoms with Crippen LogP contribution in [0.3, 0.4) is 0 Å². The summed E-state index contributed by atoms with van der Waals surface area (Å²) in [5, 5.41) is 10.0. The van der Waals surface area contributed by atoms with E-state index in [1.54, 1.807) is 37.0 Å². The van der Waals surface area contributed by atoms with Crippen LogP contribution in [0.1, 0.15) is 0 Å². The lowest BCUT2D eigenvalue weighted by Crippen LogP contribution is -2.27. The first-order valence-electron chi connectivity index (χ1n) is 7.42. The Balaban J connectivity index is 2.12.